The number of thiophene rings is 1. The number of terminal acetylenes is 1. The van der Waals surface area contributed by atoms with Crippen LogP contribution in [0.25, 0.3) is 10.1 Å². The van der Waals surface area contributed by atoms with E-state index in [2.05, 4.69) is 27.9 Å². The van der Waals surface area contributed by atoms with E-state index in [4.69, 9.17) is 27.1 Å². The van der Waals surface area contributed by atoms with Crippen molar-refractivity contribution in [2.75, 3.05) is 7.11 Å². The molecule has 0 aliphatic carbocycles. The molecule has 4 aromatic rings. The smallest absolute Gasteiger partial charge is 0.147 e. The number of nitriles is 1. The molecule has 0 radical (unpaired) electrons. The molecule has 1 unspecified atom stereocenters. The molecule has 31 heavy (non-hydrogen) atoms. The molecule has 0 fully saturated rings. The van der Waals surface area contributed by atoms with Gasteiger partial charge in [0.05, 0.1) is 16.5 Å². The first-order chi connectivity index (χ1) is 15.0. The summed E-state index contributed by atoms with van der Waals surface area (Å²) < 4.78 is 17.7. The van der Waals surface area contributed by atoms with Crippen molar-refractivity contribution in [3.63, 3.8) is 0 Å². The Morgan fingerprint density at radius 3 is 2.13 bits per heavy atom. The summed E-state index contributed by atoms with van der Waals surface area (Å²) in [5.74, 6) is 3.26. The molecule has 1 heterocycles. The van der Waals surface area contributed by atoms with Gasteiger partial charge in [-0.05, 0) is 69.1 Å². The number of fused-ring (bicyclic) bond motifs is 1. The molecular formula is C24H17BrClNO2S2. The molecule has 3 nitrogen and oxygen atoms in total. The fraction of sp³-hybridized carbons (Fsp3) is 0.0417. The highest BCUT2D eigenvalue weighted by Gasteiger charge is 2.07. The van der Waals surface area contributed by atoms with Gasteiger partial charge in [-0.25, -0.2) is 4.21 Å². The fourth-order valence-electron chi connectivity index (χ4n) is 2.30. The third-order valence-corrected chi connectivity index (χ3v) is 7.16. The van der Waals surface area contributed by atoms with E-state index in [1.54, 1.807) is 31.4 Å². The van der Waals surface area contributed by atoms with E-state index in [1.807, 2.05) is 54.6 Å². The first-order valence-electron chi connectivity index (χ1n) is 8.81. The van der Waals surface area contributed by atoms with E-state index in [9.17, 15) is 4.21 Å². The van der Waals surface area contributed by atoms with Gasteiger partial charge in [0.15, 0.2) is 0 Å². The lowest BCUT2D eigenvalue weighted by Crippen LogP contribution is -1.84. The van der Waals surface area contributed by atoms with Gasteiger partial charge in [0, 0.05) is 15.6 Å². The number of ether oxygens (including phenoxy) is 1. The molecule has 0 N–H and O–H groups in total. The van der Waals surface area contributed by atoms with Gasteiger partial charge in [0.25, 0.3) is 0 Å². The van der Waals surface area contributed by atoms with Crippen LogP contribution in [0.1, 0.15) is 10.4 Å². The zero-order chi connectivity index (χ0) is 22.6. The maximum absolute atomic E-state index is 10.7. The van der Waals surface area contributed by atoms with Gasteiger partial charge in [-0.2, -0.15) is 5.26 Å². The Morgan fingerprint density at radius 2 is 1.65 bits per heavy atom. The second-order valence-electron chi connectivity index (χ2n) is 5.76. The molecule has 0 amide bonds. The van der Waals surface area contributed by atoms with Crippen LogP contribution >= 0.6 is 37.9 Å². The Kier molecular flexibility index (Phi) is 10.3. The van der Waals surface area contributed by atoms with Crippen LogP contribution < -0.4 is 4.74 Å². The SMILES string of the molecule is C#Cc1ccccc1.COc1ccc(S(=O)Cl)cc1.N#Cc1sc2ccccc2c1Br. The third-order valence-electron chi connectivity index (χ3n) is 3.82. The van der Waals surface area contributed by atoms with Gasteiger partial charge in [0.1, 0.15) is 26.7 Å². The molecule has 0 saturated heterocycles. The van der Waals surface area contributed by atoms with E-state index >= 15 is 0 Å². The van der Waals surface area contributed by atoms with Gasteiger partial charge in [-0.3, -0.25) is 0 Å². The Labute approximate surface area is 201 Å². The Balaban J connectivity index is 0.000000169. The summed E-state index contributed by atoms with van der Waals surface area (Å²) in [6, 6.07) is 26.5. The Hall–Kier alpha value is -2.61. The second kappa shape index (κ2) is 12.9. The molecule has 7 heteroatoms. The minimum absolute atomic E-state index is 0.590. The van der Waals surface area contributed by atoms with E-state index in [-0.39, 0.29) is 0 Å². The standard InChI is InChI=1S/C9H4BrNS.C8H6.C7H7ClO2S/c10-9-6-3-1-2-4-7(6)12-8(9)5-11;1-2-8-6-4-3-5-7-8;1-10-6-2-4-7(5-3-6)11(8)9/h1-4H;1,3-7H;2-5H,1H3. The number of halogens is 2. The topological polar surface area (TPSA) is 50.1 Å². The lowest BCUT2D eigenvalue weighted by molar-refractivity contribution is 0.414. The number of nitrogens with zero attached hydrogens (tertiary/aromatic N) is 1. The van der Waals surface area contributed by atoms with Crippen LogP contribution in [0, 0.1) is 23.7 Å². The van der Waals surface area contributed by atoms with E-state index in [0.717, 1.165) is 30.7 Å². The molecule has 3 aromatic carbocycles. The molecule has 4 rings (SSSR count). The maximum Gasteiger partial charge on any atom is 0.147 e. The predicted octanol–water partition coefficient (Wildman–Crippen LogP) is 7.16. The fourth-order valence-corrected chi connectivity index (χ4v) is 4.66. The molecule has 1 aromatic heterocycles. The molecule has 1 atom stereocenters. The molecule has 0 bridgehead atoms. The normalized spacial score (nSPS) is 10.4. The highest BCUT2D eigenvalue weighted by atomic mass is 79.9. The van der Waals surface area contributed by atoms with Gasteiger partial charge in [-0.1, -0.05) is 42.3 Å². The minimum atomic E-state index is -1.42. The number of rotatable bonds is 2. The summed E-state index contributed by atoms with van der Waals surface area (Å²) in [7, 11) is 5.48. The number of hydrogen-bond acceptors (Lipinski definition) is 4. The highest BCUT2D eigenvalue weighted by molar-refractivity contribution is 9.10. The van der Waals surface area contributed by atoms with Gasteiger partial charge < -0.3 is 4.74 Å². The van der Waals surface area contributed by atoms with Crippen molar-refractivity contribution in [3.05, 3.63) is 93.8 Å². The summed E-state index contributed by atoms with van der Waals surface area (Å²) in [6.45, 7) is 0. The molecule has 156 valence electrons. The second-order valence-corrected chi connectivity index (χ2v) is 9.37. The number of benzene rings is 3. The third kappa shape index (κ3) is 7.54. The maximum atomic E-state index is 10.7. The molecular weight excluding hydrogens is 514 g/mol. The summed E-state index contributed by atoms with van der Waals surface area (Å²) >= 11 is 4.92. The lowest BCUT2D eigenvalue weighted by atomic mass is 10.2. The van der Waals surface area contributed by atoms with Crippen molar-refractivity contribution in [3.8, 4) is 24.2 Å². The van der Waals surface area contributed by atoms with Gasteiger partial charge in [-0.15, -0.1) is 17.8 Å². The van der Waals surface area contributed by atoms with Crippen molar-refractivity contribution in [2.45, 2.75) is 4.90 Å². The average molecular weight is 531 g/mol. The summed E-state index contributed by atoms with van der Waals surface area (Å²) in [6.07, 6.45) is 5.10. The van der Waals surface area contributed by atoms with Crippen molar-refractivity contribution in [1.82, 2.24) is 0 Å². The highest BCUT2D eigenvalue weighted by Crippen LogP contribution is 2.34. The zero-order valence-corrected chi connectivity index (χ0v) is 20.4. The minimum Gasteiger partial charge on any atom is -0.497 e. The van der Waals surface area contributed by atoms with Crippen LogP contribution in [0.2, 0.25) is 0 Å². The van der Waals surface area contributed by atoms with E-state index < -0.39 is 10.0 Å². The summed E-state index contributed by atoms with van der Waals surface area (Å²) in [5, 5.41) is 9.87. The lowest BCUT2D eigenvalue weighted by Gasteiger charge is -1.98. The van der Waals surface area contributed by atoms with E-state index in [1.165, 1.54) is 11.3 Å². The Morgan fingerprint density at radius 1 is 1.03 bits per heavy atom. The monoisotopic (exact) mass is 529 g/mol. The molecule has 0 spiro atoms. The van der Waals surface area contributed by atoms with Crippen molar-refractivity contribution >= 4 is 58.0 Å². The quantitative estimate of drug-likeness (QED) is 0.204. The first kappa shape index (κ1) is 24.7. The predicted molar refractivity (Wildman–Crippen MR) is 134 cm³/mol. The molecule has 0 aliphatic heterocycles. The average Bonchev–Trinajstić information content (AvgIpc) is 3.16. The van der Waals surface area contributed by atoms with Crippen LogP contribution in [0.5, 0.6) is 5.75 Å². The van der Waals surface area contributed by atoms with Gasteiger partial charge >= 0.3 is 0 Å². The largest absolute Gasteiger partial charge is 0.497 e. The first-order valence-corrected chi connectivity index (χ1v) is 12.4. The molecule has 0 aliphatic rings. The summed E-state index contributed by atoms with van der Waals surface area (Å²) in [4.78, 5) is 1.34. The van der Waals surface area contributed by atoms with Crippen LogP contribution in [0.4, 0.5) is 0 Å². The van der Waals surface area contributed by atoms with Crippen LogP contribution in [-0.2, 0) is 10.0 Å². The zero-order valence-electron chi connectivity index (χ0n) is 16.4. The van der Waals surface area contributed by atoms with Crippen molar-refractivity contribution in [2.24, 2.45) is 0 Å². The van der Waals surface area contributed by atoms with Crippen molar-refractivity contribution < 1.29 is 8.95 Å². The van der Waals surface area contributed by atoms with Crippen LogP contribution in [0.3, 0.4) is 0 Å². The summed E-state index contributed by atoms with van der Waals surface area (Å²) in [5.41, 5.74) is 0.938. The van der Waals surface area contributed by atoms with Gasteiger partial charge in [0.2, 0.25) is 0 Å². The molecule has 0 saturated carbocycles. The number of methoxy groups -OCH3 is 1. The van der Waals surface area contributed by atoms with E-state index in [0.29, 0.717) is 4.90 Å². The van der Waals surface area contributed by atoms with Crippen LogP contribution in [0.15, 0.2) is 88.2 Å². The van der Waals surface area contributed by atoms with Crippen molar-refractivity contribution in [1.29, 1.82) is 5.26 Å². The number of hydrogen-bond donors (Lipinski definition) is 0. The Bertz CT molecular complexity index is 1230. The van der Waals surface area contributed by atoms with Crippen LogP contribution in [-0.4, -0.2) is 11.3 Å².